The van der Waals surface area contributed by atoms with Crippen LogP contribution in [0.4, 0.5) is 0 Å². The molecule has 3 aromatic rings. The minimum Gasteiger partial charge on any atom is -0.497 e. The minimum atomic E-state index is -3.81. The van der Waals surface area contributed by atoms with Crippen molar-refractivity contribution in [2.24, 2.45) is 0 Å². The number of hydrogen-bond donors (Lipinski definition) is 0. The molecule has 0 bridgehead atoms. The Bertz CT molecular complexity index is 1300. The maximum Gasteiger partial charge on any atom is 0.269 e. The summed E-state index contributed by atoms with van der Waals surface area (Å²) in [5.41, 5.74) is 1.19. The van der Waals surface area contributed by atoms with Gasteiger partial charge in [0.1, 0.15) is 10.6 Å². The zero-order chi connectivity index (χ0) is 23.7. The fourth-order valence-corrected chi connectivity index (χ4v) is 7.27. The van der Waals surface area contributed by atoms with Gasteiger partial charge in [-0.2, -0.15) is 0 Å². The third kappa shape index (κ3) is 4.09. The van der Waals surface area contributed by atoms with E-state index in [9.17, 15) is 13.2 Å². The molecule has 1 amide bonds. The van der Waals surface area contributed by atoms with Crippen LogP contribution >= 0.6 is 11.8 Å². The molecule has 2 aliphatic rings. The van der Waals surface area contributed by atoms with Crippen LogP contribution < -0.4 is 4.74 Å². The Hall–Kier alpha value is -2.85. The highest BCUT2D eigenvalue weighted by molar-refractivity contribution is 7.99. The smallest absolute Gasteiger partial charge is 0.269 e. The number of fused-ring (bicyclic) bond motifs is 1. The molecule has 1 aromatic heterocycles. The molecule has 1 aliphatic carbocycles. The molecule has 1 fully saturated rings. The van der Waals surface area contributed by atoms with Gasteiger partial charge in [0.25, 0.3) is 15.9 Å². The Kier molecular flexibility index (Phi) is 6.35. The average Bonchev–Trinajstić information content (AvgIpc) is 3.38. The monoisotopic (exact) mass is 498 g/mol. The lowest BCUT2D eigenvalue weighted by atomic mass is 9.95. The van der Waals surface area contributed by atoms with Crippen molar-refractivity contribution in [1.82, 2.24) is 19.1 Å². The van der Waals surface area contributed by atoms with Crippen molar-refractivity contribution in [3.63, 3.8) is 0 Å². The molecule has 2 aromatic carbocycles. The predicted octanol–water partition coefficient (Wildman–Crippen LogP) is 4.40. The van der Waals surface area contributed by atoms with Gasteiger partial charge in [-0.05, 0) is 49.2 Å². The van der Waals surface area contributed by atoms with Crippen molar-refractivity contribution in [2.75, 3.05) is 19.4 Å². The molecule has 10 heteroatoms. The van der Waals surface area contributed by atoms with E-state index in [1.54, 1.807) is 25.3 Å². The molecule has 0 spiro atoms. The minimum absolute atomic E-state index is 0.0793. The molecule has 8 nitrogen and oxygen atoms in total. The summed E-state index contributed by atoms with van der Waals surface area (Å²) < 4.78 is 34.1. The fourth-order valence-electron chi connectivity index (χ4n) is 4.65. The van der Waals surface area contributed by atoms with E-state index in [1.165, 1.54) is 24.2 Å². The largest absolute Gasteiger partial charge is 0.497 e. The van der Waals surface area contributed by atoms with Crippen LogP contribution in [0.2, 0.25) is 0 Å². The first-order valence-electron chi connectivity index (χ1n) is 11.4. The van der Waals surface area contributed by atoms with Gasteiger partial charge in [-0.25, -0.2) is 12.7 Å². The van der Waals surface area contributed by atoms with Crippen molar-refractivity contribution >= 4 is 27.7 Å². The van der Waals surface area contributed by atoms with E-state index in [4.69, 9.17) is 4.74 Å². The SMILES string of the molecule is COc1ccc(-c2nnc(SCCN3C(=O)c4ccccc4S3(=O)=O)n2C2CCCCC2)cc1. The topological polar surface area (TPSA) is 94.4 Å². The lowest BCUT2D eigenvalue weighted by molar-refractivity contribution is 0.0876. The highest BCUT2D eigenvalue weighted by Crippen LogP contribution is 2.36. The number of nitrogens with zero attached hydrogens (tertiary/aromatic N) is 4. The van der Waals surface area contributed by atoms with E-state index in [0.717, 1.165) is 52.3 Å². The fraction of sp³-hybridized carbons (Fsp3) is 0.375. The van der Waals surface area contributed by atoms with Crippen molar-refractivity contribution < 1.29 is 17.9 Å². The van der Waals surface area contributed by atoms with Gasteiger partial charge in [0.2, 0.25) is 0 Å². The maximum absolute atomic E-state index is 12.8. The molecule has 0 N–H and O–H groups in total. The Morgan fingerprint density at radius 3 is 2.47 bits per heavy atom. The normalized spacial score (nSPS) is 17.7. The summed E-state index contributed by atoms with van der Waals surface area (Å²) in [5, 5.41) is 9.71. The van der Waals surface area contributed by atoms with E-state index < -0.39 is 15.9 Å². The molecule has 0 unspecified atom stereocenters. The molecule has 1 saturated carbocycles. The summed E-state index contributed by atoms with van der Waals surface area (Å²) in [6.45, 7) is 0.0793. The first-order valence-corrected chi connectivity index (χ1v) is 13.8. The molecular weight excluding hydrogens is 472 g/mol. The van der Waals surface area contributed by atoms with E-state index in [1.807, 2.05) is 24.3 Å². The number of aromatic nitrogens is 3. The van der Waals surface area contributed by atoms with Gasteiger partial charge in [0.05, 0.1) is 12.7 Å². The van der Waals surface area contributed by atoms with Gasteiger partial charge in [-0.1, -0.05) is 43.2 Å². The molecule has 34 heavy (non-hydrogen) atoms. The van der Waals surface area contributed by atoms with E-state index in [2.05, 4.69) is 14.8 Å². The van der Waals surface area contributed by atoms with Gasteiger partial charge in [0, 0.05) is 23.9 Å². The molecule has 5 rings (SSSR count). The van der Waals surface area contributed by atoms with Gasteiger partial charge >= 0.3 is 0 Å². The molecule has 2 heterocycles. The average molecular weight is 499 g/mol. The number of thioether (sulfide) groups is 1. The van der Waals surface area contributed by atoms with Crippen LogP contribution in [0.5, 0.6) is 5.75 Å². The molecule has 0 atom stereocenters. The van der Waals surface area contributed by atoms with Crippen LogP contribution in [0.1, 0.15) is 48.5 Å². The van der Waals surface area contributed by atoms with E-state index in [0.29, 0.717) is 11.8 Å². The summed E-state index contributed by atoms with van der Waals surface area (Å²) in [6.07, 6.45) is 5.67. The summed E-state index contributed by atoms with van der Waals surface area (Å²) in [4.78, 5) is 12.8. The maximum atomic E-state index is 12.8. The number of hydrogen-bond acceptors (Lipinski definition) is 7. The van der Waals surface area contributed by atoms with Crippen LogP contribution in [-0.2, 0) is 10.0 Å². The Morgan fingerprint density at radius 2 is 1.76 bits per heavy atom. The first kappa shape index (κ1) is 22.9. The number of benzene rings is 2. The van der Waals surface area contributed by atoms with Gasteiger partial charge in [-0.3, -0.25) is 9.36 Å². The highest BCUT2D eigenvalue weighted by Gasteiger charge is 2.40. The Labute approximate surface area is 203 Å². The number of rotatable bonds is 7. The van der Waals surface area contributed by atoms with Crippen LogP contribution in [0, 0.1) is 0 Å². The van der Waals surface area contributed by atoms with Crippen molar-refractivity contribution in [2.45, 2.75) is 48.2 Å². The Balaban J connectivity index is 1.38. The lowest BCUT2D eigenvalue weighted by Crippen LogP contribution is -2.32. The molecular formula is C24H26N4O4S2. The van der Waals surface area contributed by atoms with Gasteiger partial charge in [-0.15, -0.1) is 10.2 Å². The summed E-state index contributed by atoms with van der Waals surface area (Å²) in [6, 6.07) is 14.4. The number of carbonyl (C=O) groups is 1. The molecule has 0 radical (unpaired) electrons. The van der Waals surface area contributed by atoms with Crippen LogP contribution in [0.3, 0.4) is 0 Å². The van der Waals surface area contributed by atoms with Crippen molar-refractivity contribution in [3.05, 3.63) is 54.1 Å². The number of ether oxygens (including phenoxy) is 1. The second-order valence-corrected chi connectivity index (χ2v) is 11.3. The quantitative estimate of drug-likeness (QED) is 0.446. The summed E-state index contributed by atoms with van der Waals surface area (Å²) in [7, 11) is -2.17. The summed E-state index contributed by atoms with van der Waals surface area (Å²) >= 11 is 1.44. The van der Waals surface area contributed by atoms with E-state index in [-0.39, 0.29) is 17.0 Å². The second-order valence-electron chi connectivity index (χ2n) is 8.42. The van der Waals surface area contributed by atoms with E-state index >= 15 is 0 Å². The van der Waals surface area contributed by atoms with Crippen LogP contribution in [0.25, 0.3) is 11.4 Å². The number of amides is 1. The summed E-state index contributed by atoms with van der Waals surface area (Å²) in [5.74, 6) is 1.50. The Morgan fingerprint density at radius 1 is 1.03 bits per heavy atom. The zero-order valence-corrected chi connectivity index (χ0v) is 20.5. The van der Waals surface area contributed by atoms with Crippen molar-refractivity contribution in [1.29, 1.82) is 0 Å². The standard InChI is InChI=1S/C24H26N4O4S2/c1-32-19-13-11-17(12-14-19)22-25-26-24(28(22)18-7-3-2-4-8-18)33-16-15-27-23(29)20-9-5-6-10-21(20)34(27,30)31/h5-6,9-14,18H,2-4,7-8,15-16H2,1H3. The molecule has 0 saturated heterocycles. The number of sulfonamides is 1. The second kappa shape index (κ2) is 9.42. The predicted molar refractivity (Wildman–Crippen MR) is 130 cm³/mol. The third-order valence-corrected chi connectivity index (χ3v) is 9.15. The molecule has 1 aliphatic heterocycles. The number of carbonyl (C=O) groups excluding carboxylic acids is 1. The zero-order valence-electron chi connectivity index (χ0n) is 18.9. The van der Waals surface area contributed by atoms with Crippen molar-refractivity contribution in [3.8, 4) is 17.1 Å². The van der Waals surface area contributed by atoms with Crippen LogP contribution in [-0.4, -0.2) is 52.8 Å². The molecule has 178 valence electrons. The van der Waals surface area contributed by atoms with Crippen LogP contribution in [0.15, 0.2) is 58.6 Å². The number of methoxy groups -OCH3 is 1. The third-order valence-electron chi connectivity index (χ3n) is 6.39. The van der Waals surface area contributed by atoms with Gasteiger partial charge < -0.3 is 4.74 Å². The lowest BCUT2D eigenvalue weighted by Gasteiger charge is -2.25. The highest BCUT2D eigenvalue weighted by atomic mass is 32.2. The first-order chi connectivity index (χ1) is 16.5. The van der Waals surface area contributed by atoms with Gasteiger partial charge in [0.15, 0.2) is 11.0 Å².